The van der Waals surface area contributed by atoms with E-state index in [0.29, 0.717) is 24.3 Å². The van der Waals surface area contributed by atoms with Crippen molar-refractivity contribution in [2.75, 3.05) is 6.61 Å². The van der Waals surface area contributed by atoms with Crippen LogP contribution in [0.5, 0.6) is 5.75 Å². The molecule has 0 fully saturated rings. The van der Waals surface area contributed by atoms with E-state index in [0.717, 1.165) is 0 Å². The monoisotopic (exact) mass is 192 g/mol. The van der Waals surface area contributed by atoms with Crippen molar-refractivity contribution in [2.24, 2.45) is 5.73 Å². The fraction of sp³-hybridized carbons (Fsp3) is 0.300. The molecule has 0 radical (unpaired) electrons. The fourth-order valence-electron chi connectivity index (χ4n) is 1.57. The summed E-state index contributed by atoms with van der Waals surface area (Å²) in [4.78, 5) is 0. The third-order valence-electron chi connectivity index (χ3n) is 2.32. The van der Waals surface area contributed by atoms with Gasteiger partial charge in [-0.05, 0) is 6.07 Å². The van der Waals surface area contributed by atoms with Crippen LogP contribution in [0.4, 0.5) is 4.39 Å². The molecule has 1 aliphatic heterocycles. The van der Waals surface area contributed by atoms with E-state index in [2.05, 4.69) is 0 Å². The maximum atomic E-state index is 13.2. The maximum Gasteiger partial charge on any atom is 0.144 e. The standard InChI is InChI=1S/C10H9FN2O/c11-8-2-1-6-9(13)3-4-14-10(6)7(8)5-12/h1-2,9H,3-4,13H2/t9-/m1/s1. The molecule has 0 amide bonds. The highest BCUT2D eigenvalue weighted by atomic mass is 19.1. The number of nitriles is 1. The predicted octanol–water partition coefficient (Wildman–Crippen LogP) is 1.48. The van der Waals surface area contributed by atoms with Crippen LogP contribution in [0.1, 0.15) is 23.6 Å². The van der Waals surface area contributed by atoms with Crippen LogP contribution in [0.3, 0.4) is 0 Å². The molecule has 2 N–H and O–H groups in total. The summed E-state index contributed by atoms with van der Waals surface area (Å²) in [5.74, 6) is -0.244. The Morgan fingerprint density at radius 3 is 3.07 bits per heavy atom. The second-order valence-corrected chi connectivity index (χ2v) is 3.20. The van der Waals surface area contributed by atoms with Crippen molar-refractivity contribution in [3.8, 4) is 11.8 Å². The van der Waals surface area contributed by atoms with Gasteiger partial charge in [0.15, 0.2) is 0 Å². The van der Waals surface area contributed by atoms with Crippen molar-refractivity contribution in [1.29, 1.82) is 5.26 Å². The van der Waals surface area contributed by atoms with Gasteiger partial charge in [-0.1, -0.05) is 6.07 Å². The van der Waals surface area contributed by atoms with Gasteiger partial charge >= 0.3 is 0 Å². The van der Waals surface area contributed by atoms with Gasteiger partial charge < -0.3 is 10.5 Å². The summed E-state index contributed by atoms with van der Waals surface area (Å²) >= 11 is 0. The minimum absolute atomic E-state index is 0.0438. The lowest BCUT2D eigenvalue weighted by Crippen LogP contribution is -2.21. The molecule has 0 saturated carbocycles. The predicted molar refractivity (Wildman–Crippen MR) is 48.2 cm³/mol. The number of benzene rings is 1. The highest BCUT2D eigenvalue weighted by Gasteiger charge is 2.23. The van der Waals surface area contributed by atoms with Crippen molar-refractivity contribution >= 4 is 0 Å². The molecule has 72 valence electrons. The number of nitrogens with two attached hydrogens (primary N) is 1. The Kier molecular flexibility index (Phi) is 2.10. The van der Waals surface area contributed by atoms with Crippen molar-refractivity contribution in [3.63, 3.8) is 0 Å². The maximum absolute atomic E-state index is 13.2. The van der Waals surface area contributed by atoms with E-state index in [-0.39, 0.29) is 11.6 Å². The molecule has 0 bridgehead atoms. The zero-order valence-corrected chi connectivity index (χ0v) is 7.46. The first-order valence-corrected chi connectivity index (χ1v) is 4.35. The van der Waals surface area contributed by atoms with Crippen LogP contribution in [0.25, 0.3) is 0 Å². The molecule has 0 aromatic heterocycles. The molecule has 0 spiro atoms. The Hall–Kier alpha value is -1.60. The molecule has 2 rings (SSSR count). The number of ether oxygens (including phenoxy) is 1. The summed E-state index contributed by atoms with van der Waals surface area (Å²) < 4.78 is 18.4. The van der Waals surface area contributed by atoms with Crippen LogP contribution in [0.15, 0.2) is 12.1 Å². The smallest absolute Gasteiger partial charge is 0.144 e. The summed E-state index contributed by atoms with van der Waals surface area (Å²) in [6, 6.07) is 4.46. The van der Waals surface area contributed by atoms with Gasteiger partial charge in [-0.2, -0.15) is 5.26 Å². The van der Waals surface area contributed by atoms with E-state index >= 15 is 0 Å². The summed E-state index contributed by atoms with van der Waals surface area (Å²) in [7, 11) is 0. The van der Waals surface area contributed by atoms with Crippen LogP contribution in [-0.4, -0.2) is 6.61 Å². The van der Waals surface area contributed by atoms with E-state index in [1.54, 1.807) is 12.1 Å². The van der Waals surface area contributed by atoms with Crippen molar-refractivity contribution in [2.45, 2.75) is 12.5 Å². The number of hydrogen-bond donors (Lipinski definition) is 1. The van der Waals surface area contributed by atoms with Gasteiger partial charge in [0.05, 0.1) is 6.61 Å². The third-order valence-corrected chi connectivity index (χ3v) is 2.32. The number of fused-ring (bicyclic) bond motifs is 1. The number of hydrogen-bond acceptors (Lipinski definition) is 3. The van der Waals surface area contributed by atoms with Crippen LogP contribution in [-0.2, 0) is 0 Å². The van der Waals surface area contributed by atoms with E-state index in [9.17, 15) is 4.39 Å². The molecule has 1 atom stereocenters. The highest BCUT2D eigenvalue weighted by Crippen LogP contribution is 2.34. The highest BCUT2D eigenvalue weighted by molar-refractivity contribution is 5.51. The quantitative estimate of drug-likeness (QED) is 0.677. The summed E-state index contributed by atoms with van der Waals surface area (Å²) in [5, 5.41) is 8.75. The van der Waals surface area contributed by atoms with Crippen LogP contribution in [0.2, 0.25) is 0 Å². The largest absolute Gasteiger partial charge is 0.492 e. The Labute approximate surface area is 80.9 Å². The Morgan fingerprint density at radius 1 is 1.57 bits per heavy atom. The zero-order valence-electron chi connectivity index (χ0n) is 7.46. The fourth-order valence-corrected chi connectivity index (χ4v) is 1.57. The Bertz CT molecular complexity index is 411. The lowest BCUT2D eigenvalue weighted by molar-refractivity contribution is 0.266. The van der Waals surface area contributed by atoms with Crippen LogP contribution < -0.4 is 10.5 Å². The molecule has 0 saturated heterocycles. The molecular weight excluding hydrogens is 183 g/mol. The second-order valence-electron chi connectivity index (χ2n) is 3.20. The molecular formula is C10H9FN2O. The average Bonchev–Trinajstić information content (AvgIpc) is 2.18. The molecule has 0 unspecified atom stereocenters. The number of rotatable bonds is 0. The summed E-state index contributed by atoms with van der Waals surface area (Å²) in [5.41, 5.74) is 6.48. The van der Waals surface area contributed by atoms with E-state index in [4.69, 9.17) is 15.7 Å². The molecule has 0 aliphatic carbocycles. The summed E-state index contributed by atoms with van der Waals surface area (Å²) in [6.07, 6.45) is 0.698. The first kappa shape index (κ1) is 8.97. The van der Waals surface area contributed by atoms with Gasteiger partial charge in [0.2, 0.25) is 0 Å². The first-order chi connectivity index (χ1) is 6.74. The number of halogens is 1. The van der Waals surface area contributed by atoms with Crippen molar-refractivity contribution in [3.05, 3.63) is 29.1 Å². The van der Waals surface area contributed by atoms with Crippen LogP contribution >= 0.6 is 0 Å². The third kappa shape index (κ3) is 1.22. The molecule has 1 heterocycles. The minimum atomic E-state index is -0.555. The van der Waals surface area contributed by atoms with E-state index < -0.39 is 5.82 Å². The van der Waals surface area contributed by atoms with Crippen LogP contribution in [0, 0.1) is 17.1 Å². The lowest BCUT2D eigenvalue weighted by atomic mass is 9.98. The lowest BCUT2D eigenvalue weighted by Gasteiger charge is -2.23. The van der Waals surface area contributed by atoms with Gasteiger partial charge in [0, 0.05) is 18.0 Å². The Balaban J connectivity index is 2.63. The van der Waals surface area contributed by atoms with Gasteiger partial charge in [0.25, 0.3) is 0 Å². The van der Waals surface area contributed by atoms with E-state index in [1.165, 1.54) is 6.07 Å². The topological polar surface area (TPSA) is 59.0 Å². The number of nitrogens with zero attached hydrogens (tertiary/aromatic N) is 1. The summed E-state index contributed by atoms with van der Waals surface area (Å²) in [6.45, 7) is 0.437. The molecule has 1 aliphatic rings. The van der Waals surface area contributed by atoms with Gasteiger partial charge in [0.1, 0.15) is 23.2 Å². The van der Waals surface area contributed by atoms with Gasteiger partial charge in [-0.15, -0.1) is 0 Å². The van der Waals surface area contributed by atoms with Crippen molar-refractivity contribution < 1.29 is 9.13 Å². The first-order valence-electron chi connectivity index (χ1n) is 4.35. The molecule has 4 heteroatoms. The molecule has 3 nitrogen and oxygen atoms in total. The Morgan fingerprint density at radius 2 is 2.36 bits per heavy atom. The molecule has 1 aromatic rings. The molecule has 1 aromatic carbocycles. The van der Waals surface area contributed by atoms with Gasteiger partial charge in [-0.25, -0.2) is 4.39 Å². The average molecular weight is 192 g/mol. The van der Waals surface area contributed by atoms with Gasteiger partial charge in [-0.3, -0.25) is 0 Å². The second kappa shape index (κ2) is 3.28. The molecule has 14 heavy (non-hydrogen) atoms. The van der Waals surface area contributed by atoms with Crippen molar-refractivity contribution in [1.82, 2.24) is 0 Å². The zero-order chi connectivity index (χ0) is 10.1. The SMILES string of the molecule is N#Cc1c(F)ccc2c1OCC[C@H]2N. The van der Waals surface area contributed by atoms with E-state index in [1.807, 2.05) is 0 Å². The normalized spacial score (nSPS) is 19.4. The minimum Gasteiger partial charge on any atom is -0.492 e.